The minimum atomic E-state index is 0. The van der Waals surface area contributed by atoms with Crippen molar-refractivity contribution in [2.45, 2.75) is 25.9 Å². The molecule has 0 saturated heterocycles. The number of pyridine rings is 1. The average molecular weight is 469 g/mol. The summed E-state index contributed by atoms with van der Waals surface area (Å²) in [5, 5.41) is 0. The maximum Gasteiger partial charge on any atom is 2.00 e. The van der Waals surface area contributed by atoms with Crippen LogP contribution in [0.2, 0.25) is 0 Å². The van der Waals surface area contributed by atoms with Crippen molar-refractivity contribution >= 4 is 23.1 Å². The van der Waals surface area contributed by atoms with Crippen molar-refractivity contribution in [1.29, 1.82) is 0 Å². The molecule has 1 aromatic rings. The molecule has 3 heterocycles. The third-order valence-electron chi connectivity index (χ3n) is 4.64. The Kier molecular flexibility index (Phi) is 7.29. The largest absolute Gasteiger partial charge is 2.00 e. The van der Waals surface area contributed by atoms with Crippen LogP contribution < -0.4 is 24.8 Å². The molecule has 5 nitrogen and oxygen atoms in total. The summed E-state index contributed by atoms with van der Waals surface area (Å²) in [7, 11) is 0. The van der Waals surface area contributed by atoms with Crippen LogP contribution in [-0.4, -0.2) is 40.2 Å². The predicted molar refractivity (Wildman–Crippen MR) is 106 cm³/mol. The molecule has 1 radical (unpaired) electrons. The van der Waals surface area contributed by atoms with E-state index in [2.05, 4.69) is 70.3 Å². The molecular formula is C21H17Cl2CoN5. The number of hydrogen-bond acceptors (Lipinski definition) is 5. The molecule has 29 heavy (non-hydrogen) atoms. The van der Waals surface area contributed by atoms with Crippen LogP contribution in [0.25, 0.3) is 0 Å². The molecule has 0 amide bonds. The van der Waals surface area contributed by atoms with Crippen LogP contribution in [0.4, 0.5) is 0 Å². The van der Waals surface area contributed by atoms with Gasteiger partial charge in [0.1, 0.15) is 23.5 Å². The Hall–Kier alpha value is -2.12. The van der Waals surface area contributed by atoms with Gasteiger partial charge >= 0.3 is 16.8 Å². The molecule has 0 aromatic carbocycles. The molecule has 4 aliphatic rings. The second-order valence-electron chi connectivity index (χ2n) is 6.77. The minimum absolute atomic E-state index is 0. The molecular weight excluding hydrogens is 452 g/mol. The van der Waals surface area contributed by atoms with E-state index in [1.807, 2.05) is 18.2 Å². The van der Waals surface area contributed by atoms with Crippen LogP contribution in [0.3, 0.4) is 0 Å². The average Bonchev–Trinajstić information content (AvgIpc) is 3.25. The normalized spacial score (nSPS) is 23.0. The van der Waals surface area contributed by atoms with Gasteiger partial charge in [0.15, 0.2) is 11.7 Å². The molecule has 1 aromatic heterocycles. The van der Waals surface area contributed by atoms with Crippen molar-refractivity contribution in [1.82, 2.24) is 4.98 Å². The van der Waals surface area contributed by atoms with Gasteiger partial charge in [-0.3, -0.25) is 9.98 Å². The van der Waals surface area contributed by atoms with E-state index in [9.17, 15) is 0 Å². The zero-order chi connectivity index (χ0) is 17.7. The molecule has 2 atom stereocenters. The SMILES string of the molecule is CC1=CC2=NC(c3cccc(C4=NC5C=CC(C)=CC5=N4)n3)=NC2C=C1.[Cl-].[Cl-].[Co+2]. The number of rotatable bonds is 2. The van der Waals surface area contributed by atoms with Crippen molar-refractivity contribution in [2.24, 2.45) is 20.0 Å². The second-order valence-corrected chi connectivity index (χ2v) is 6.77. The quantitative estimate of drug-likeness (QED) is 0.464. The van der Waals surface area contributed by atoms with Crippen LogP contribution in [0, 0.1) is 0 Å². The van der Waals surface area contributed by atoms with Crippen LogP contribution in [0.15, 0.2) is 85.8 Å². The van der Waals surface area contributed by atoms with Crippen molar-refractivity contribution in [3.8, 4) is 0 Å². The number of aliphatic imine (C=N–C) groups is 4. The molecule has 0 spiro atoms. The first-order valence-corrected chi connectivity index (χ1v) is 8.69. The van der Waals surface area contributed by atoms with Gasteiger partial charge in [-0.25, -0.2) is 15.0 Å². The van der Waals surface area contributed by atoms with Crippen LogP contribution in [0.5, 0.6) is 0 Å². The van der Waals surface area contributed by atoms with E-state index >= 15 is 0 Å². The summed E-state index contributed by atoms with van der Waals surface area (Å²) in [4.78, 5) is 23.4. The van der Waals surface area contributed by atoms with Gasteiger partial charge in [-0.15, -0.1) is 0 Å². The number of nitrogens with zero attached hydrogens (tertiary/aromatic N) is 5. The van der Waals surface area contributed by atoms with Gasteiger partial charge in [-0.05, 0) is 49.3 Å². The zero-order valence-electron chi connectivity index (χ0n) is 15.7. The van der Waals surface area contributed by atoms with Crippen molar-refractivity contribution in [2.75, 3.05) is 0 Å². The first-order valence-electron chi connectivity index (χ1n) is 8.69. The number of hydrogen-bond donors (Lipinski definition) is 0. The van der Waals surface area contributed by atoms with E-state index in [0.717, 1.165) is 22.8 Å². The molecule has 0 N–H and O–H groups in total. The summed E-state index contributed by atoms with van der Waals surface area (Å²) in [5.74, 6) is 1.34. The topological polar surface area (TPSA) is 62.3 Å². The van der Waals surface area contributed by atoms with Gasteiger partial charge in [-0.2, -0.15) is 0 Å². The second kappa shape index (κ2) is 9.13. The fourth-order valence-corrected chi connectivity index (χ4v) is 3.33. The number of fused-ring (bicyclic) bond motifs is 2. The molecule has 149 valence electrons. The predicted octanol–water partition coefficient (Wildman–Crippen LogP) is -2.74. The zero-order valence-corrected chi connectivity index (χ0v) is 18.2. The maximum atomic E-state index is 4.73. The third kappa shape index (κ3) is 4.40. The number of halogens is 2. The smallest absolute Gasteiger partial charge is 1.00 e. The first-order chi connectivity index (χ1) is 12.7. The van der Waals surface area contributed by atoms with Crippen LogP contribution in [-0.2, 0) is 16.8 Å². The van der Waals surface area contributed by atoms with Crippen LogP contribution >= 0.6 is 0 Å². The Bertz CT molecular complexity index is 995. The Balaban J connectivity index is 0.000001000. The summed E-state index contributed by atoms with van der Waals surface area (Å²) in [6.45, 7) is 4.13. The van der Waals surface area contributed by atoms with Gasteiger partial charge in [0.05, 0.1) is 11.4 Å². The Morgan fingerprint density at radius 1 is 0.724 bits per heavy atom. The van der Waals surface area contributed by atoms with Crippen molar-refractivity contribution in [3.05, 3.63) is 77.2 Å². The Morgan fingerprint density at radius 3 is 1.62 bits per heavy atom. The van der Waals surface area contributed by atoms with E-state index < -0.39 is 0 Å². The fourth-order valence-electron chi connectivity index (χ4n) is 3.33. The van der Waals surface area contributed by atoms with Gasteiger partial charge < -0.3 is 24.8 Å². The van der Waals surface area contributed by atoms with E-state index in [1.54, 1.807) is 0 Å². The van der Waals surface area contributed by atoms with Crippen molar-refractivity contribution < 1.29 is 41.6 Å². The van der Waals surface area contributed by atoms with Crippen molar-refractivity contribution in [3.63, 3.8) is 0 Å². The summed E-state index contributed by atoms with van der Waals surface area (Å²) in [6.07, 6.45) is 12.4. The number of allylic oxidation sites excluding steroid dienone is 4. The van der Waals surface area contributed by atoms with Gasteiger partial charge in [-0.1, -0.05) is 30.4 Å². The van der Waals surface area contributed by atoms with Gasteiger partial charge in [0, 0.05) is 0 Å². The number of aromatic nitrogens is 1. The van der Waals surface area contributed by atoms with E-state index in [4.69, 9.17) is 4.98 Å². The Morgan fingerprint density at radius 2 is 1.17 bits per heavy atom. The van der Waals surface area contributed by atoms with E-state index in [1.165, 1.54) is 11.1 Å². The minimum Gasteiger partial charge on any atom is -1.00 e. The monoisotopic (exact) mass is 468 g/mol. The summed E-state index contributed by atoms with van der Waals surface area (Å²) >= 11 is 0. The van der Waals surface area contributed by atoms with Crippen LogP contribution in [0.1, 0.15) is 25.2 Å². The summed E-state index contributed by atoms with van der Waals surface area (Å²) < 4.78 is 0. The fraction of sp³-hybridized carbons (Fsp3) is 0.190. The van der Waals surface area contributed by atoms with E-state index in [-0.39, 0.29) is 53.7 Å². The molecule has 5 rings (SSSR count). The van der Waals surface area contributed by atoms with Gasteiger partial charge in [0.2, 0.25) is 0 Å². The molecule has 0 bridgehead atoms. The first kappa shape index (κ1) is 23.2. The molecule has 2 unspecified atom stereocenters. The molecule has 2 aliphatic carbocycles. The summed E-state index contributed by atoms with van der Waals surface area (Å²) in [5.41, 5.74) is 5.83. The Labute approximate surface area is 192 Å². The standard InChI is InChI=1S/C21H17N5.2ClH.Co/c1-12-6-8-14-18(10-12)25-20(23-14)16-4-3-5-17(22-16)21-24-15-9-7-13(2)11-19(15)26-21;;;/h3-11,14-15H,1-2H3;2*1H;/q;;;+2/p-2. The molecule has 0 saturated carbocycles. The summed E-state index contributed by atoms with van der Waals surface area (Å²) in [6, 6.07) is 5.84. The third-order valence-corrected chi connectivity index (χ3v) is 4.64. The maximum absolute atomic E-state index is 4.73. The molecule has 2 aliphatic heterocycles. The molecule has 0 fully saturated rings. The van der Waals surface area contributed by atoms with E-state index in [0.29, 0.717) is 11.7 Å². The molecule has 8 heteroatoms. The van der Waals surface area contributed by atoms with Gasteiger partial charge in [0.25, 0.3) is 0 Å². The number of amidine groups is 2.